The summed E-state index contributed by atoms with van der Waals surface area (Å²) in [6.07, 6.45) is 3.48. The summed E-state index contributed by atoms with van der Waals surface area (Å²) in [6.45, 7) is 2.52. The Morgan fingerprint density at radius 3 is 3.33 bits per heavy atom. The lowest BCUT2D eigenvalue weighted by Crippen LogP contribution is -2.21. The third-order valence-electron chi connectivity index (χ3n) is 2.31. The second-order valence-corrected chi connectivity index (χ2v) is 3.15. The first kappa shape index (κ1) is 7.46. The Kier molecular flexibility index (Phi) is 1.67. The Bertz CT molecular complexity index is 305. The van der Waals surface area contributed by atoms with Crippen LogP contribution in [-0.2, 0) is 11.3 Å². The van der Waals surface area contributed by atoms with Gasteiger partial charge in [0.2, 0.25) is 0 Å². The fraction of sp³-hybridized carbons (Fsp3) is 0.625. The molecule has 1 aromatic heterocycles. The summed E-state index contributed by atoms with van der Waals surface area (Å²) < 4.78 is 1.83. The Balaban J connectivity index is 2.37. The van der Waals surface area contributed by atoms with E-state index in [9.17, 15) is 4.79 Å². The maximum atomic E-state index is 11.2. The largest absolute Gasteiger partial charge is 0.299 e. The summed E-state index contributed by atoms with van der Waals surface area (Å²) >= 11 is 0. The molecule has 1 unspecified atom stereocenters. The van der Waals surface area contributed by atoms with Crippen LogP contribution in [0.3, 0.4) is 0 Å². The van der Waals surface area contributed by atoms with Crippen LogP contribution in [0.5, 0.6) is 0 Å². The first-order valence-electron chi connectivity index (χ1n) is 4.17. The van der Waals surface area contributed by atoms with Crippen LogP contribution >= 0.6 is 0 Å². The zero-order valence-electron chi connectivity index (χ0n) is 7.03. The van der Waals surface area contributed by atoms with Gasteiger partial charge in [0.05, 0.1) is 5.92 Å². The molecule has 4 heteroatoms. The van der Waals surface area contributed by atoms with Crippen molar-refractivity contribution in [3.63, 3.8) is 0 Å². The molecule has 1 atom stereocenters. The fourth-order valence-corrected chi connectivity index (χ4v) is 1.67. The van der Waals surface area contributed by atoms with Gasteiger partial charge in [0.25, 0.3) is 0 Å². The molecule has 0 N–H and O–H groups in total. The molecule has 64 valence electrons. The van der Waals surface area contributed by atoms with Crippen LogP contribution in [-0.4, -0.2) is 20.5 Å². The molecular weight excluding hydrogens is 154 g/mol. The highest BCUT2D eigenvalue weighted by Crippen LogP contribution is 2.24. The molecule has 0 aromatic carbocycles. The van der Waals surface area contributed by atoms with Crippen LogP contribution in [0.4, 0.5) is 0 Å². The second-order valence-electron chi connectivity index (χ2n) is 3.15. The van der Waals surface area contributed by atoms with Crippen molar-refractivity contribution >= 4 is 5.78 Å². The summed E-state index contributed by atoms with van der Waals surface area (Å²) in [6, 6.07) is 0. The first-order valence-corrected chi connectivity index (χ1v) is 4.17. The Morgan fingerprint density at radius 1 is 1.75 bits per heavy atom. The molecule has 2 heterocycles. The van der Waals surface area contributed by atoms with E-state index in [0.29, 0.717) is 0 Å². The van der Waals surface area contributed by atoms with Gasteiger partial charge in [0, 0.05) is 6.54 Å². The van der Waals surface area contributed by atoms with Crippen molar-refractivity contribution in [2.24, 2.45) is 0 Å². The number of hydrogen-bond acceptors (Lipinski definition) is 3. The quantitative estimate of drug-likeness (QED) is 0.616. The van der Waals surface area contributed by atoms with Gasteiger partial charge in [-0.1, -0.05) is 0 Å². The number of nitrogens with zero attached hydrogens (tertiary/aromatic N) is 3. The van der Waals surface area contributed by atoms with Gasteiger partial charge in [-0.3, -0.25) is 4.79 Å². The lowest BCUT2D eigenvalue weighted by atomic mass is 9.96. The van der Waals surface area contributed by atoms with Crippen LogP contribution in [0.15, 0.2) is 6.33 Å². The lowest BCUT2D eigenvalue weighted by Gasteiger charge is -2.19. The topological polar surface area (TPSA) is 47.8 Å². The summed E-state index contributed by atoms with van der Waals surface area (Å²) in [5, 5.41) is 4.04. The van der Waals surface area contributed by atoms with Gasteiger partial charge in [-0.15, -0.1) is 0 Å². The van der Waals surface area contributed by atoms with Gasteiger partial charge in [-0.25, -0.2) is 9.67 Å². The zero-order chi connectivity index (χ0) is 8.55. The van der Waals surface area contributed by atoms with E-state index in [1.165, 1.54) is 6.33 Å². The van der Waals surface area contributed by atoms with Gasteiger partial charge in [-0.2, -0.15) is 5.10 Å². The fourth-order valence-electron chi connectivity index (χ4n) is 1.67. The molecule has 1 aliphatic rings. The minimum absolute atomic E-state index is 0.0127. The normalized spacial score (nSPS) is 21.9. The highest BCUT2D eigenvalue weighted by molar-refractivity contribution is 5.82. The SMILES string of the molecule is CC(=O)C1CCCn2ncnc21. The molecule has 0 amide bonds. The molecule has 0 saturated carbocycles. The molecule has 1 aromatic rings. The van der Waals surface area contributed by atoms with Crippen LogP contribution in [0, 0.1) is 0 Å². The van der Waals surface area contributed by atoms with E-state index in [4.69, 9.17) is 0 Å². The van der Waals surface area contributed by atoms with Crippen molar-refractivity contribution in [1.29, 1.82) is 0 Å². The minimum Gasteiger partial charge on any atom is -0.299 e. The monoisotopic (exact) mass is 165 g/mol. The maximum absolute atomic E-state index is 11.2. The Hall–Kier alpha value is -1.19. The van der Waals surface area contributed by atoms with E-state index in [1.54, 1.807) is 6.92 Å². The molecule has 12 heavy (non-hydrogen) atoms. The van der Waals surface area contributed by atoms with E-state index in [1.807, 2.05) is 4.68 Å². The van der Waals surface area contributed by atoms with E-state index in [2.05, 4.69) is 10.1 Å². The van der Waals surface area contributed by atoms with Gasteiger partial charge < -0.3 is 0 Å². The number of hydrogen-bond donors (Lipinski definition) is 0. The van der Waals surface area contributed by atoms with Crippen molar-refractivity contribution in [3.05, 3.63) is 12.2 Å². The van der Waals surface area contributed by atoms with Crippen molar-refractivity contribution in [2.45, 2.75) is 32.2 Å². The van der Waals surface area contributed by atoms with Gasteiger partial charge >= 0.3 is 0 Å². The van der Waals surface area contributed by atoms with Crippen LogP contribution < -0.4 is 0 Å². The third kappa shape index (κ3) is 1.03. The van der Waals surface area contributed by atoms with Crippen molar-refractivity contribution in [1.82, 2.24) is 14.8 Å². The number of carbonyl (C=O) groups is 1. The lowest BCUT2D eigenvalue weighted by molar-refractivity contribution is -0.119. The predicted octanol–water partition coefficient (Wildman–Crippen LogP) is 0.745. The van der Waals surface area contributed by atoms with Gasteiger partial charge in [0.1, 0.15) is 17.9 Å². The van der Waals surface area contributed by atoms with Gasteiger partial charge in [-0.05, 0) is 19.8 Å². The number of rotatable bonds is 1. The standard InChI is InChI=1S/C8H11N3O/c1-6(12)7-3-2-4-11-8(7)9-5-10-11/h5,7H,2-4H2,1H3. The zero-order valence-corrected chi connectivity index (χ0v) is 7.03. The maximum Gasteiger partial charge on any atom is 0.140 e. The molecule has 0 spiro atoms. The number of Topliss-reactive ketones (excluding diaryl/α,β-unsaturated/α-hetero) is 1. The average molecular weight is 165 g/mol. The number of aryl methyl sites for hydroxylation is 1. The summed E-state index contributed by atoms with van der Waals surface area (Å²) in [7, 11) is 0. The second kappa shape index (κ2) is 2.69. The van der Waals surface area contributed by atoms with Crippen LogP contribution in [0.1, 0.15) is 31.5 Å². The smallest absolute Gasteiger partial charge is 0.140 e. The van der Waals surface area contributed by atoms with E-state index < -0.39 is 0 Å². The average Bonchev–Trinajstić information content (AvgIpc) is 2.49. The van der Waals surface area contributed by atoms with Crippen molar-refractivity contribution in [2.75, 3.05) is 0 Å². The summed E-state index contributed by atoms with van der Waals surface area (Å²) in [5.41, 5.74) is 0. The molecule has 4 nitrogen and oxygen atoms in total. The number of carbonyl (C=O) groups excluding carboxylic acids is 1. The molecule has 2 rings (SSSR count). The van der Waals surface area contributed by atoms with E-state index in [0.717, 1.165) is 25.2 Å². The number of aromatic nitrogens is 3. The van der Waals surface area contributed by atoms with Crippen LogP contribution in [0.2, 0.25) is 0 Å². The predicted molar refractivity (Wildman–Crippen MR) is 42.7 cm³/mol. The van der Waals surface area contributed by atoms with Crippen LogP contribution in [0.25, 0.3) is 0 Å². The van der Waals surface area contributed by atoms with E-state index >= 15 is 0 Å². The molecule has 0 saturated heterocycles. The molecule has 0 radical (unpaired) electrons. The minimum atomic E-state index is -0.0127. The molecule has 0 aliphatic carbocycles. The molecule has 0 bridgehead atoms. The first-order chi connectivity index (χ1) is 5.79. The molecule has 1 aliphatic heterocycles. The molecular formula is C8H11N3O. The van der Waals surface area contributed by atoms with Gasteiger partial charge in [0.15, 0.2) is 0 Å². The number of ketones is 1. The molecule has 0 fully saturated rings. The van der Waals surface area contributed by atoms with Crippen molar-refractivity contribution < 1.29 is 4.79 Å². The summed E-state index contributed by atoms with van der Waals surface area (Å²) in [4.78, 5) is 15.3. The number of fused-ring (bicyclic) bond motifs is 1. The Morgan fingerprint density at radius 2 is 2.58 bits per heavy atom. The highest BCUT2D eigenvalue weighted by Gasteiger charge is 2.25. The van der Waals surface area contributed by atoms with Crippen molar-refractivity contribution in [3.8, 4) is 0 Å². The Labute approximate surface area is 70.6 Å². The van der Waals surface area contributed by atoms with E-state index in [-0.39, 0.29) is 11.7 Å². The highest BCUT2D eigenvalue weighted by atomic mass is 16.1. The third-order valence-corrected chi connectivity index (χ3v) is 2.31. The summed E-state index contributed by atoms with van der Waals surface area (Å²) in [5.74, 6) is 1.03.